The van der Waals surface area contributed by atoms with E-state index in [1.54, 1.807) is 85.8 Å². The number of benzene rings is 4. The van der Waals surface area contributed by atoms with E-state index in [9.17, 15) is 14.4 Å². The Morgan fingerprint density at radius 3 is 2.00 bits per heavy atom. The molecule has 0 saturated carbocycles. The number of aryl methyl sites for hydroxylation is 1. The van der Waals surface area contributed by atoms with E-state index < -0.39 is 54.6 Å². The van der Waals surface area contributed by atoms with E-state index in [2.05, 4.69) is 0 Å². The molecule has 4 aromatic carbocycles. The van der Waals surface area contributed by atoms with Gasteiger partial charge in [0.1, 0.15) is 23.5 Å². The average Bonchev–Trinajstić information content (AvgIpc) is 3.10. The molecule has 5 aromatic rings. The fourth-order valence-corrected chi connectivity index (χ4v) is 5.72. The van der Waals surface area contributed by atoms with Crippen molar-refractivity contribution in [1.29, 1.82) is 0 Å². The predicted molar refractivity (Wildman–Crippen MR) is 168 cm³/mol. The Bertz CT molecular complexity index is 1930. The minimum atomic E-state index is -1.30. The van der Waals surface area contributed by atoms with Crippen LogP contribution >= 0.6 is 0 Å². The van der Waals surface area contributed by atoms with Crippen molar-refractivity contribution in [3.63, 3.8) is 0 Å². The maximum absolute atomic E-state index is 13.5. The molecule has 0 aliphatic carbocycles. The first kappa shape index (κ1) is 30.4. The first-order valence-corrected chi connectivity index (χ1v) is 15.1. The van der Waals surface area contributed by atoms with Gasteiger partial charge in [-0.1, -0.05) is 66.7 Å². The molecule has 2 aliphatic rings. The highest BCUT2D eigenvalue weighted by molar-refractivity contribution is 5.90. The molecule has 10 heteroatoms. The number of carbonyl (C=O) groups excluding carboxylic acids is 2. The number of carbonyl (C=O) groups is 2. The van der Waals surface area contributed by atoms with Crippen molar-refractivity contribution < 1.29 is 42.4 Å². The number of esters is 2. The van der Waals surface area contributed by atoms with Crippen molar-refractivity contribution in [3.8, 4) is 5.75 Å². The Labute approximate surface area is 269 Å². The largest absolute Gasteiger partial charge is 0.461 e. The smallest absolute Gasteiger partial charge is 0.338 e. The molecule has 238 valence electrons. The monoisotopic (exact) mass is 634 g/mol. The summed E-state index contributed by atoms with van der Waals surface area (Å²) in [7, 11) is 0. The standard InChI is InChI=1S/C37H30O10/c1-22-19-30(38)43-28-20-26(17-18-27(22)28)42-37-33(46-35(40)24-13-7-3-8-14-24)32(45-34(39)23-11-5-2-6-12-23)31-29(44-37)21-41-36(47-31)25-15-9-4-10-16-25/h2-20,29,31-33,36-37H,21H2,1H3/t29-,31+,32+,33-,36+,37-/m1/s1. The van der Waals surface area contributed by atoms with E-state index in [-0.39, 0.29) is 17.9 Å². The first-order chi connectivity index (χ1) is 22.9. The minimum absolute atomic E-state index is 0.0641. The zero-order valence-corrected chi connectivity index (χ0v) is 25.2. The predicted octanol–water partition coefficient (Wildman–Crippen LogP) is 5.77. The number of hydrogen-bond acceptors (Lipinski definition) is 10. The lowest BCUT2D eigenvalue weighted by atomic mass is 9.96. The highest BCUT2D eigenvalue weighted by Crippen LogP contribution is 2.38. The first-order valence-electron chi connectivity index (χ1n) is 15.1. The molecule has 1 aromatic heterocycles. The molecule has 6 atom stereocenters. The van der Waals surface area contributed by atoms with Crippen LogP contribution < -0.4 is 10.4 Å². The second-order valence-corrected chi connectivity index (χ2v) is 11.2. The van der Waals surface area contributed by atoms with E-state index in [0.29, 0.717) is 11.1 Å². The lowest BCUT2D eigenvalue weighted by molar-refractivity contribution is -0.348. The Morgan fingerprint density at radius 1 is 0.723 bits per heavy atom. The molecule has 47 heavy (non-hydrogen) atoms. The highest BCUT2D eigenvalue weighted by Gasteiger charge is 2.55. The molecule has 0 amide bonds. The van der Waals surface area contributed by atoms with Crippen LogP contribution in [0.5, 0.6) is 5.75 Å². The Hall–Kier alpha value is -5.29. The van der Waals surface area contributed by atoms with Gasteiger partial charge in [0, 0.05) is 23.1 Å². The van der Waals surface area contributed by atoms with Crippen LogP contribution in [0.25, 0.3) is 11.0 Å². The van der Waals surface area contributed by atoms with Gasteiger partial charge in [-0.2, -0.15) is 0 Å². The van der Waals surface area contributed by atoms with E-state index >= 15 is 0 Å². The van der Waals surface area contributed by atoms with E-state index in [1.807, 2.05) is 30.3 Å². The van der Waals surface area contributed by atoms with Gasteiger partial charge >= 0.3 is 17.6 Å². The molecule has 0 N–H and O–H groups in total. The number of hydrogen-bond donors (Lipinski definition) is 0. The zero-order chi connectivity index (χ0) is 32.3. The SMILES string of the molecule is Cc1cc(=O)oc2cc(O[C@@H]3O[C@@H]4CO[C@H](c5ccccc5)O[C@@H]4[C@H](OC(=O)c4ccccc4)[C@H]3OC(=O)c3ccccc3)ccc12. The van der Waals surface area contributed by atoms with Crippen LogP contribution in [-0.4, -0.2) is 49.3 Å². The Kier molecular flexibility index (Phi) is 8.54. The maximum atomic E-state index is 13.5. The van der Waals surface area contributed by atoms with Crippen LogP contribution in [0.1, 0.15) is 38.1 Å². The molecule has 0 bridgehead atoms. The van der Waals surface area contributed by atoms with Crippen LogP contribution in [-0.2, 0) is 23.7 Å². The van der Waals surface area contributed by atoms with Gasteiger partial charge in [-0.05, 0) is 48.9 Å². The summed E-state index contributed by atoms with van der Waals surface area (Å²) in [5.41, 5.74) is 1.87. The quantitative estimate of drug-likeness (QED) is 0.161. The van der Waals surface area contributed by atoms with Crippen molar-refractivity contribution in [2.75, 3.05) is 6.61 Å². The molecule has 0 radical (unpaired) electrons. The maximum Gasteiger partial charge on any atom is 0.338 e. The Morgan fingerprint density at radius 2 is 1.34 bits per heavy atom. The summed E-state index contributed by atoms with van der Waals surface area (Å²) in [4.78, 5) is 39.2. The summed E-state index contributed by atoms with van der Waals surface area (Å²) >= 11 is 0. The molecule has 2 aliphatic heterocycles. The molecule has 0 unspecified atom stereocenters. The van der Waals surface area contributed by atoms with Gasteiger partial charge in [0.15, 0.2) is 12.4 Å². The third-order valence-electron chi connectivity index (χ3n) is 8.04. The van der Waals surface area contributed by atoms with Gasteiger partial charge in [-0.15, -0.1) is 0 Å². The van der Waals surface area contributed by atoms with E-state index in [4.69, 9.17) is 32.8 Å². The number of fused-ring (bicyclic) bond motifs is 2. The van der Waals surface area contributed by atoms with Crippen LogP contribution in [0, 0.1) is 6.92 Å². The van der Waals surface area contributed by atoms with Crippen molar-refractivity contribution in [2.45, 2.75) is 43.9 Å². The fraction of sp³-hybridized carbons (Fsp3) is 0.216. The summed E-state index contributed by atoms with van der Waals surface area (Å²) in [5.74, 6) is -1.06. The second kappa shape index (κ2) is 13.2. The summed E-state index contributed by atoms with van der Waals surface area (Å²) < 4.78 is 42.7. The van der Waals surface area contributed by atoms with Gasteiger partial charge in [0.05, 0.1) is 17.7 Å². The van der Waals surface area contributed by atoms with Crippen LogP contribution in [0.3, 0.4) is 0 Å². The summed E-state index contributed by atoms with van der Waals surface area (Å²) in [6, 6.07) is 32.6. The molecule has 10 nitrogen and oxygen atoms in total. The van der Waals surface area contributed by atoms with Crippen LogP contribution in [0.4, 0.5) is 0 Å². The van der Waals surface area contributed by atoms with Crippen molar-refractivity contribution in [2.24, 2.45) is 0 Å². The number of rotatable bonds is 7. The molecule has 7 rings (SSSR count). The highest BCUT2D eigenvalue weighted by atomic mass is 16.8. The molecular formula is C37H30O10. The molecule has 0 spiro atoms. The lowest BCUT2D eigenvalue weighted by Crippen LogP contribution is -2.65. The van der Waals surface area contributed by atoms with Crippen LogP contribution in [0.15, 0.2) is 124 Å². The average molecular weight is 635 g/mol. The molecule has 3 heterocycles. The van der Waals surface area contributed by atoms with E-state index in [0.717, 1.165) is 16.5 Å². The zero-order valence-electron chi connectivity index (χ0n) is 25.2. The van der Waals surface area contributed by atoms with Crippen molar-refractivity contribution in [1.82, 2.24) is 0 Å². The van der Waals surface area contributed by atoms with Crippen molar-refractivity contribution >= 4 is 22.9 Å². The Balaban J connectivity index is 1.27. The summed E-state index contributed by atoms with van der Waals surface area (Å²) in [5, 5.41) is 0.726. The van der Waals surface area contributed by atoms with Crippen molar-refractivity contribution in [3.05, 3.63) is 148 Å². The topological polar surface area (TPSA) is 120 Å². The summed E-state index contributed by atoms with van der Waals surface area (Å²) in [6.07, 6.45) is -6.25. The van der Waals surface area contributed by atoms with Gasteiger partial charge in [-0.3, -0.25) is 0 Å². The van der Waals surface area contributed by atoms with E-state index in [1.165, 1.54) is 6.07 Å². The third kappa shape index (κ3) is 6.52. The second-order valence-electron chi connectivity index (χ2n) is 11.2. The molecule has 2 fully saturated rings. The minimum Gasteiger partial charge on any atom is -0.461 e. The molecule has 2 saturated heterocycles. The summed E-state index contributed by atoms with van der Waals surface area (Å²) in [6.45, 7) is 1.87. The van der Waals surface area contributed by atoms with Gasteiger partial charge in [-0.25, -0.2) is 14.4 Å². The fourth-order valence-electron chi connectivity index (χ4n) is 5.72. The number of ether oxygens (including phenoxy) is 6. The van der Waals surface area contributed by atoms with Gasteiger partial charge in [0.2, 0.25) is 12.4 Å². The van der Waals surface area contributed by atoms with Gasteiger partial charge < -0.3 is 32.8 Å². The van der Waals surface area contributed by atoms with Gasteiger partial charge in [0.25, 0.3) is 0 Å². The van der Waals surface area contributed by atoms with Crippen LogP contribution in [0.2, 0.25) is 0 Å². The third-order valence-corrected chi connectivity index (χ3v) is 8.04. The normalized spacial score (nSPS) is 23.8. The lowest BCUT2D eigenvalue weighted by Gasteiger charge is -2.48. The molecular weight excluding hydrogens is 604 g/mol.